The van der Waals surface area contributed by atoms with E-state index in [0.29, 0.717) is 26.2 Å². The number of hydrogen-bond acceptors (Lipinski definition) is 3. The molecule has 3 aliphatic heterocycles. The Balaban J connectivity index is 1.43. The predicted octanol–water partition coefficient (Wildman–Crippen LogP) is 2.22. The molecule has 3 rings (SSSR count). The number of alkyl halides is 3. The maximum absolute atomic E-state index is 12.5. The van der Waals surface area contributed by atoms with Crippen LogP contribution in [0.3, 0.4) is 0 Å². The van der Waals surface area contributed by atoms with E-state index in [1.54, 1.807) is 11.8 Å². The van der Waals surface area contributed by atoms with Crippen LogP contribution >= 0.6 is 0 Å². The number of likely N-dealkylation sites (tertiary alicyclic amines) is 1. The molecule has 0 aromatic rings. The highest BCUT2D eigenvalue weighted by atomic mass is 19.4. The quantitative estimate of drug-likeness (QED) is 0.828. The first-order valence-electron chi connectivity index (χ1n) is 8.84. The molecule has 3 saturated heterocycles. The Morgan fingerprint density at radius 3 is 2.71 bits per heavy atom. The molecule has 0 aliphatic carbocycles. The number of urea groups is 1. The van der Waals surface area contributed by atoms with Gasteiger partial charge in [-0.15, -0.1) is 0 Å². The number of nitrogens with zero attached hydrogens (tertiary/aromatic N) is 2. The lowest BCUT2D eigenvalue weighted by Crippen LogP contribution is -2.47. The third-order valence-corrected chi connectivity index (χ3v) is 5.35. The Hall–Kier alpha value is -1.02. The third kappa shape index (κ3) is 4.33. The number of carbonyl (C=O) groups is 1. The summed E-state index contributed by atoms with van der Waals surface area (Å²) in [7, 11) is 0. The molecular weight excluding hydrogens is 323 g/mol. The molecule has 0 radical (unpaired) electrons. The fourth-order valence-electron chi connectivity index (χ4n) is 4.13. The molecule has 0 aromatic heterocycles. The van der Waals surface area contributed by atoms with Crippen LogP contribution in [0.25, 0.3) is 0 Å². The lowest BCUT2D eigenvalue weighted by molar-refractivity contribution is -0.146. The van der Waals surface area contributed by atoms with Crippen LogP contribution in [-0.2, 0) is 4.74 Å². The van der Waals surface area contributed by atoms with Crippen molar-refractivity contribution in [2.45, 2.75) is 57.0 Å². The maximum atomic E-state index is 12.5. The van der Waals surface area contributed by atoms with Crippen molar-refractivity contribution >= 4 is 6.03 Å². The van der Waals surface area contributed by atoms with Gasteiger partial charge in [0.15, 0.2) is 0 Å². The van der Waals surface area contributed by atoms with E-state index in [9.17, 15) is 18.0 Å². The largest absolute Gasteiger partial charge is 0.401 e. The molecule has 1 N–H and O–H groups in total. The molecular formula is C16H26F3N3O2. The van der Waals surface area contributed by atoms with E-state index in [4.69, 9.17) is 4.74 Å². The van der Waals surface area contributed by atoms with E-state index in [-0.39, 0.29) is 30.2 Å². The number of carbonyl (C=O) groups excluding carboxylic acids is 1. The number of hydrogen-bond donors (Lipinski definition) is 1. The molecule has 138 valence electrons. The highest BCUT2D eigenvalue weighted by Crippen LogP contribution is 2.34. The predicted molar refractivity (Wildman–Crippen MR) is 82.7 cm³/mol. The van der Waals surface area contributed by atoms with Crippen molar-refractivity contribution in [3.8, 4) is 0 Å². The summed E-state index contributed by atoms with van der Waals surface area (Å²) in [6.07, 6.45) is -0.0340. The van der Waals surface area contributed by atoms with Crippen molar-refractivity contribution in [2.24, 2.45) is 5.92 Å². The molecule has 0 aromatic carbocycles. The van der Waals surface area contributed by atoms with Gasteiger partial charge in [-0.1, -0.05) is 6.92 Å². The van der Waals surface area contributed by atoms with Crippen molar-refractivity contribution in [2.75, 3.05) is 32.7 Å². The van der Waals surface area contributed by atoms with Crippen LogP contribution < -0.4 is 5.32 Å². The van der Waals surface area contributed by atoms with Crippen LogP contribution in [0.15, 0.2) is 0 Å². The number of ether oxygens (including phenoxy) is 1. The first-order chi connectivity index (χ1) is 11.3. The zero-order chi connectivity index (χ0) is 17.3. The van der Waals surface area contributed by atoms with E-state index in [0.717, 1.165) is 25.7 Å². The van der Waals surface area contributed by atoms with Crippen molar-refractivity contribution in [3.63, 3.8) is 0 Å². The van der Waals surface area contributed by atoms with Crippen LogP contribution in [0.2, 0.25) is 0 Å². The standard InChI is InChI=1S/C16H26F3N3O2/c1-2-21(10-16(17,18)19)8-11-5-6-22(9-11)15(23)20-13-7-12-3-4-14(13)24-12/h11-14H,2-10H2,1H3,(H,20,23)/t11-,12+,13+,14+/m0/s1. The Bertz CT molecular complexity index is 460. The van der Waals surface area contributed by atoms with Gasteiger partial charge < -0.3 is 15.0 Å². The van der Waals surface area contributed by atoms with Crippen LogP contribution in [0.4, 0.5) is 18.0 Å². The van der Waals surface area contributed by atoms with Gasteiger partial charge in [-0.3, -0.25) is 4.90 Å². The summed E-state index contributed by atoms with van der Waals surface area (Å²) in [6, 6.07) is -0.00908. The molecule has 5 nitrogen and oxygen atoms in total. The smallest absolute Gasteiger partial charge is 0.373 e. The molecule has 0 spiro atoms. The van der Waals surface area contributed by atoms with E-state index >= 15 is 0 Å². The topological polar surface area (TPSA) is 44.8 Å². The lowest BCUT2D eigenvalue weighted by atomic mass is 9.96. The zero-order valence-corrected chi connectivity index (χ0v) is 14.0. The molecule has 2 bridgehead atoms. The zero-order valence-electron chi connectivity index (χ0n) is 14.0. The number of halogens is 3. The van der Waals surface area contributed by atoms with Crippen molar-refractivity contribution in [3.05, 3.63) is 0 Å². The molecule has 0 saturated carbocycles. The third-order valence-electron chi connectivity index (χ3n) is 5.35. The Morgan fingerprint density at radius 2 is 2.12 bits per heavy atom. The van der Waals surface area contributed by atoms with Gasteiger partial charge in [0.25, 0.3) is 0 Å². The fourth-order valence-corrected chi connectivity index (χ4v) is 4.13. The van der Waals surface area contributed by atoms with Gasteiger partial charge >= 0.3 is 12.2 Å². The summed E-state index contributed by atoms with van der Waals surface area (Å²) < 4.78 is 43.4. The molecule has 24 heavy (non-hydrogen) atoms. The summed E-state index contributed by atoms with van der Waals surface area (Å²) in [5, 5.41) is 3.05. The molecule has 3 aliphatic rings. The SMILES string of the molecule is CCN(C[C@@H]1CCN(C(=O)N[C@@H]2C[C@H]3CC[C@H]2O3)C1)CC(F)(F)F. The Labute approximate surface area is 140 Å². The summed E-state index contributed by atoms with van der Waals surface area (Å²) in [4.78, 5) is 15.5. The second-order valence-corrected chi connectivity index (χ2v) is 7.21. The molecule has 4 atom stereocenters. The van der Waals surface area contributed by atoms with Crippen molar-refractivity contribution < 1.29 is 22.7 Å². The van der Waals surface area contributed by atoms with Crippen LogP contribution in [-0.4, -0.2) is 73.0 Å². The number of nitrogens with one attached hydrogen (secondary N) is 1. The first-order valence-corrected chi connectivity index (χ1v) is 8.84. The lowest BCUT2D eigenvalue weighted by Gasteiger charge is -2.26. The first kappa shape index (κ1) is 17.8. The Kier molecular flexibility index (Phi) is 5.24. The average molecular weight is 349 g/mol. The minimum Gasteiger partial charge on any atom is -0.373 e. The summed E-state index contributed by atoms with van der Waals surface area (Å²) in [5.74, 6) is 0.106. The maximum Gasteiger partial charge on any atom is 0.401 e. The van der Waals surface area contributed by atoms with E-state index in [1.807, 2.05) is 0 Å². The average Bonchev–Trinajstić information content (AvgIpc) is 3.21. The summed E-state index contributed by atoms with van der Waals surface area (Å²) >= 11 is 0. The minimum atomic E-state index is -4.17. The van der Waals surface area contributed by atoms with Crippen LogP contribution in [0, 0.1) is 5.92 Å². The van der Waals surface area contributed by atoms with Gasteiger partial charge in [0, 0.05) is 19.6 Å². The van der Waals surface area contributed by atoms with E-state index < -0.39 is 12.7 Å². The van der Waals surface area contributed by atoms with Gasteiger partial charge in [-0.25, -0.2) is 4.79 Å². The normalized spacial score (nSPS) is 32.8. The van der Waals surface area contributed by atoms with Gasteiger partial charge in [-0.2, -0.15) is 13.2 Å². The summed E-state index contributed by atoms with van der Waals surface area (Å²) in [6.45, 7) is 2.75. The highest BCUT2D eigenvalue weighted by molar-refractivity contribution is 5.75. The highest BCUT2D eigenvalue weighted by Gasteiger charge is 2.42. The van der Waals surface area contributed by atoms with Gasteiger partial charge in [-0.05, 0) is 38.1 Å². The number of amides is 2. The second kappa shape index (κ2) is 7.07. The molecule has 3 fully saturated rings. The van der Waals surface area contributed by atoms with Crippen LogP contribution in [0.1, 0.15) is 32.6 Å². The van der Waals surface area contributed by atoms with Crippen molar-refractivity contribution in [1.82, 2.24) is 15.1 Å². The Morgan fingerprint density at radius 1 is 1.33 bits per heavy atom. The van der Waals surface area contributed by atoms with Crippen LogP contribution in [0.5, 0.6) is 0 Å². The van der Waals surface area contributed by atoms with Gasteiger partial charge in [0.05, 0.1) is 24.8 Å². The molecule has 3 heterocycles. The molecule has 8 heteroatoms. The minimum absolute atomic E-state index is 0.0904. The fraction of sp³-hybridized carbons (Fsp3) is 0.938. The number of rotatable bonds is 5. The molecule has 0 unspecified atom stereocenters. The van der Waals surface area contributed by atoms with E-state index in [1.165, 1.54) is 4.90 Å². The van der Waals surface area contributed by atoms with Gasteiger partial charge in [0.2, 0.25) is 0 Å². The monoisotopic (exact) mass is 349 g/mol. The second-order valence-electron chi connectivity index (χ2n) is 7.21. The summed E-state index contributed by atoms with van der Waals surface area (Å²) in [5.41, 5.74) is 0. The van der Waals surface area contributed by atoms with Crippen molar-refractivity contribution in [1.29, 1.82) is 0 Å². The number of fused-ring (bicyclic) bond motifs is 2. The van der Waals surface area contributed by atoms with E-state index in [2.05, 4.69) is 5.32 Å². The molecule has 2 amide bonds. The van der Waals surface area contributed by atoms with Gasteiger partial charge in [0.1, 0.15) is 0 Å².